The molecule has 26 heavy (non-hydrogen) atoms. The molecule has 1 aliphatic heterocycles. The van der Waals surface area contributed by atoms with Crippen LogP contribution in [0, 0.1) is 5.21 Å². The summed E-state index contributed by atoms with van der Waals surface area (Å²) in [5.74, 6) is -0.108. The third-order valence-corrected chi connectivity index (χ3v) is 5.72. The van der Waals surface area contributed by atoms with Crippen LogP contribution in [0.15, 0.2) is 34.2 Å². The molecule has 0 spiro atoms. The van der Waals surface area contributed by atoms with E-state index in [1.165, 1.54) is 11.3 Å². The quantitative estimate of drug-likeness (QED) is 0.384. The third-order valence-electron chi connectivity index (χ3n) is 3.88. The standard InChI is InChI=1S/C16H17BrClN3O4S/c1-10(24-12-5-3-11(18)4-6-12)15(22)25-14-8-20(2)9-21(14,23)16-19-7-13(17)26-16/h3-7,10,14H,8-9H2,1-2H3. The number of hydroxylamine groups is 2. The molecule has 0 N–H and O–H groups in total. The molecule has 140 valence electrons. The van der Waals surface area contributed by atoms with Crippen LogP contribution in [0.1, 0.15) is 6.92 Å². The Labute approximate surface area is 168 Å². The van der Waals surface area contributed by atoms with Crippen molar-refractivity contribution in [2.75, 3.05) is 20.3 Å². The van der Waals surface area contributed by atoms with E-state index in [-0.39, 0.29) is 6.67 Å². The number of aromatic nitrogens is 1. The molecule has 0 aliphatic carbocycles. The predicted octanol–water partition coefficient (Wildman–Crippen LogP) is 3.60. The van der Waals surface area contributed by atoms with Crippen LogP contribution in [0.25, 0.3) is 0 Å². The van der Waals surface area contributed by atoms with Gasteiger partial charge in [-0.1, -0.05) is 11.6 Å². The number of ether oxygens (including phenoxy) is 2. The van der Waals surface area contributed by atoms with Gasteiger partial charge in [0, 0.05) is 5.02 Å². The van der Waals surface area contributed by atoms with Crippen LogP contribution in [0.2, 0.25) is 5.02 Å². The number of halogens is 2. The Balaban J connectivity index is 1.69. The van der Waals surface area contributed by atoms with Gasteiger partial charge in [0.2, 0.25) is 0 Å². The van der Waals surface area contributed by atoms with E-state index < -0.39 is 22.9 Å². The number of benzene rings is 1. The fraction of sp³-hybridized carbons (Fsp3) is 0.375. The average Bonchev–Trinajstić information content (AvgIpc) is 3.14. The maximum Gasteiger partial charge on any atom is 0.351 e. The van der Waals surface area contributed by atoms with Crippen molar-refractivity contribution in [2.24, 2.45) is 0 Å². The highest BCUT2D eigenvalue weighted by atomic mass is 79.9. The van der Waals surface area contributed by atoms with Crippen molar-refractivity contribution in [3.8, 4) is 5.75 Å². The van der Waals surface area contributed by atoms with E-state index in [0.29, 0.717) is 22.4 Å². The summed E-state index contributed by atoms with van der Waals surface area (Å²) < 4.78 is 11.0. The van der Waals surface area contributed by atoms with E-state index in [2.05, 4.69) is 20.9 Å². The topological polar surface area (TPSA) is 74.7 Å². The van der Waals surface area contributed by atoms with E-state index in [1.807, 2.05) is 4.90 Å². The van der Waals surface area contributed by atoms with Crippen LogP contribution in [0.4, 0.5) is 5.13 Å². The van der Waals surface area contributed by atoms with Crippen LogP contribution in [0.3, 0.4) is 0 Å². The molecule has 1 saturated heterocycles. The Hall–Kier alpha value is -1.23. The lowest BCUT2D eigenvalue weighted by Gasteiger charge is -2.38. The van der Waals surface area contributed by atoms with Gasteiger partial charge in [0.1, 0.15) is 12.4 Å². The smallest absolute Gasteiger partial charge is 0.351 e. The second-order valence-corrected chi connectivity index (χ2v) is 8.85. The molecule has 1 aromatic carbocycles. The molecule has 1 aliphatic rings. The molecule has 0 amide bonds. The molecule has 1 aromatic heterocycles. The molecule has 3 unspecified atom stereocenters. The first kappa shape index (κ1) is 19.5. The molecule has 0 saturated carbocycles. The number of likely N-dealkylation sites (N-methyl/N-ethyl adjacent to an activating group) is 1. The first-order chi connectivity index (χ1) is 12.3. The van der Waals surface area contributed by atoms with Gasteiger partial charge < -0.3 is 14.7 Å². The molecule has 10 heteroatoms. The average molecular weight is 463 g/mol. The van der Waals surface area contributed by atoms with Crippen LogP contribution in [-0.2, 0) is 9.53 Å². The van der Waals surface area contributed by atoms with Gasteiger partial charge in [-0.3, -0.25) is 4.65 Å². The third kappa shape index (κ3) is 4.19. The number of nitrogens with zero attached hydrogens (tertiary/aromatic N) is 3. The maximum atomic E-state index is 13.3. The molecule has 3 atom stereocenters. The summed E-state index contributed by atoms with van der Waals surface area (Å²) in [5.41, 5.74) is 0. The highest BCUT2D eigenvalue weighted by Gasteiger charge is 2.45. The van der Waals surface area contributed by atoms with Gasteiger partial charge in [0.05, 0.1) is 16.5 Å². The normalized spacial score (nSPS) is 24.4. The minimum absolute atomic E-state index is 0.157. The summed E-state index contributed by atoms with van der Waals surface area (Å²) in [6.07, 6.45) is -0.193. The van der Waals surface area contributed by atoms with Gasteiger partial charge in [0.25, 0.3) is 11.4 Å². The van der Waals surface area contributed by atoms with Crippen molar-refractivity contribution >= 4 is 50.0 Å². The fourth-order valence-corrected chi connectivity index (χ4v) is 4.01. The first-order valence-corrected chi connectivity index (χ1v) is 9.78. The van der Waals surface area contributed by atoms with Crippen molar-refractivity contribution in [1.29, 1.82) is 0 Å². The van der Waals surface area contributed by atoms with Gasteiger partial charge in [-0.05, 0) is 65.5 Å². The highest BCUT2D eigenvalue weighted by Crippen LogP contribution is 2.36. The lowest BCUT2D eigenvalue weighted by molar-refractivity contribution is -0.161. The number of carbonyl (C=O) groups excluding carboxylic acids is 1. The highest BCUT2D eigenvalue weighted by molar-refractivity contribution is 9.11. The zero-order valence-electron chi connectivity index (χ0n) is 14.1. The summed E-state index contributed by atoms with van der Waals surface area (Å²) in [4.78, 5) is 18.4. The van der Waals surface area contributed by atoms with Crippen LogP contribution >= 0.6 is 38.9 Å². The SMILES string of the molecule is CC(Oc1ccc(Cl)cc1)C(=O)OC1CN(C)C[N+]1([O-])c1ncc(Br)s1. The minimum Gasteiger partial charge on any atom is -0.622 e. The summed E-state index contributed by atoms with van der Waals surface area (Å²) in [6.45, 7) is 2.06. The Morgan fingerprint density at radius 2 is 2.19 bits per heavy atom. The van der Waals surface area contributed by atoms with Crippen molar-refractivity contribution in [3.05, 3.63) is 44.5 Å². The number of carbonyl (C=O) groups is 1. The lowest BCUT2D eigenvalue weighted by Crippen LogP contribution is -2.51. The van der Waals surface area contributed by atoms with E-state index in [1.54, 1.807) is 44.4 Å². The van der Waals surface area contributed by atoms with Gasteiger partial charge in [-0.15, -0.1) is 0 Å². The molecular weight excluding hydrogens is 446 g/mol. The number of hydrogen-bond acceptors (Lipinski definition) is 7. The zero-order chi connectivity index (χ0) is 18.9. The lowest BCUT2D eigenvalue weighted by atomic mass is 10.3. The van der Waals surface area contributed by atoms with E-state index in [0.717, 1.165) is 3.79 Å². The largest absolute Gasteiger partial charge is 0.622 e. The Kier molecular flexibility index (Phi) is 5.85. The second kappa shape index (κ2) is 7.79. The number of rotatable bonds is 5. The van der Waals surface area contributed by atoms with Crippen molar-refractivity contribution in [1.82, 2.24) is 14.5 Å². The van der Waals surface area contributed by atoms with E-state index in [4.69, 9.17) is 21.1 Å². The molecule has 7 nitrogen and oxygen atoms in total. The molecule has 1 fully saturated rings. The maximum absolute atomic E-state index is 13.3. The summed E-state index contributed by atoms with van der Waals surface area (Å²) in [6, 6.07) is 6.66. The van der Waals surface area contributed by atoms with Crippen LogP contribution in [-0.4, -0.2) is 48.4 Å². The van der Waals surface area contributed by atoms with Gasteiger partial charge in [0.15, 0.2) is 6.10 Å². The monoisotopic (exact) mass is 461 g/mol. The predicted molar refractivity (Wildman–Crippen MR) is 104 cm³/mol. The minimum atomic E-state index is -0.901. The van der Waals surface area contributed by atoms with E-state index in [9.17, 15) is 10.0 Å². The molecule has 2 aromatic rings. The Bertz CT molecular complexity index is 790. The number of quaternary nitrogens is 1. The van der Waals surface area contributed by atoms with Crippen LogP contribution < -0.4 is 9.38 Å². The summed E-state index contributed by atoms with van der Waals surface area (Å²) in [7, 11) is 1.80. The van der Waals surface area contributed by atoms with E-state index >= 15 is 0 Å². The van der Waals surface area contributed by atoms with Gasteiger partial charge in [-0.2, -0.15) is 4.98 Å². The second-order valence-electron chi connectivity index (χ2n) is 6.03. The number of esters is 1. The van der Waals surface area contributed by atoms with Crippen molar-refractivity contribution < 1.29 is 14.3 Å². The number of hydrogen-bond donors (Lipinski definition) is 0. The Morgan fingerprint density at radius 3 is 2.81 bits per heavy atom. The molecule has 0 radical (unpaired) electrons. The molecule has 3 rings (SSSR count). The molecule has 2 heterocycles. The first-order valence-electron chi connectivity index (χ1n) is 7.80. The summed E-state index contributed by atoms with van der Waals surface area (Å²) in [5, 5.41) is 14.2. The van der Waals surface area contributed by atoms with Crippen LogP contribution in [0.5, 0.6) is 5.75 Å². The molecule has 0 bridgehead atoms. The summed E-state index contributed by atoms with van der Waals surface area (Å²) >= 11 is 10.4. The Morgan fingerprint density at radius 1 is 1.50 bits per heavy atom. The number of thiazole rings is 1. The zero-order valence-corrected chi connectivity index (χ0v) is 17.3. The van der Waals surface area contributed by atoms with Crippen molar-refractivity contribution in [2.45, 2.75) is 19.3 Å². The van der Waals surface area contributed by atoms with Crippen molar-refractivity contribution in [3.63, 3.8) is 0 Å². The van der Waals surface area contributed by atoms with Gasteiger partial charge in [-0.25, -0.2) is 9.69 Å². The fourth-order valence-electron chi connectivity index (χ4n) is 2.63. The molecular formula is C16H17BrClN3O4S. The van der Waals surface area contributed by atoms with Gasteiger partial charge >= 0.3 is 5.97 Å².